The minimum atomic E-state index is -1.91. The van der Waals surface area contributed by atoms with E-state index in [-0.39, 0.29) is 5.60 Å². The maximum Gasteiger partial charge on any atom is 0.201 e. The van der Waals surface area contributed by atoms with Crippen LogP contribution in [0.25, 0.3) is 11.1 Å². The molecule has 154 valence electrons. The van der Waals surface area contributed by atoms with Crippen LogP contribution < -0.4 is 0 Å². The van der Waals surface area contributed by atoms with Crippen molar-refractivity contribution in [3.63, 3.8) is 0 Å². The highest BCUT2D eigenvalue weighted by atomic mass is 28.4. The van der Waals surface area contributed by atoms with Crippen LogP contribution in [-0.4, -0.2) is 13.9 Å². The molecule has 4 rings (SSSR count). The van der Waals surface area contributed by atoms with Gasteiger partial charge in [0.15, 0.2) is 0 Å². The van der Waals surface area contributed by atoms with Crippen LogP contribution in [0.3, 0.4) is 0 Å². The summed E-state index contributed by atoms with van der Waals surface area (Å²) in [5, 5.41) is 0. The van der Waals surface area contributed by atoms with E-state index in [1.54, 1.807) is 0 Å². The molecule has 0 heterocycles. The van der Waals surface area contributed by atoms with Crippen molar-refractivity contribution in [2.45, 2.75) is 76.6 Å². The standard InChI is InChI=1S/C27H36OSi/c1-19(2)29(20(3)4,21(5)6)28-27(17-18-27)26-24(22-13-9-7-10-14-22)25(26)23-15-11-8-12-16-23/h7-16,19-21,26H,17-18H2,1-6H3. The van der Waals surface area contributed by atoms with Gasteiger partial charge in [-0.25, -0.2) is 0 Å². The lowest BCUT2D eigenvalue weighted by Crippen LogP contribution is -2.51. The zero-order chi connectivity index (χ0) is 20.8. The lowest BCUT2D eigenvalue weighted by atomic mass is 10.0. The largest absolute Gasteiger partial charge is 0.410 e. The average molecular weight is 405 g/mol. The molecule has 2 aliphatic carbocycles. The summed E-state index contributed by atoms with van der Waals surface area (Å²) >= 11 is 0. The summed E-state index contributed by atoms with van der Waals surface area (Å²) < 4.78 is 7.45. The van der Waals surface area contributed by atoms with Crippen LogP contribution >= 0.6 is 0 Å². The second kappa shape index (κ2) is 7.56. The summed E-state index contributed by atoms with van der Waals surface area (Å²) in [6, 6.07) is 22.0. The smallest absolute Gasteiger partial charge is 0.201 e. The number of hydrogen-bond acceptors (Lipinski definition) is 1. The molecule has 1 fully saturated rings. The van der Waals surface area contributed by atoms with Crippen LogP contribution in [0.4, 0.5) is 0 Å². The maximum absolute atomic E-state index is 7.45. The second-order valence-electron chi connectivity index (χ2n) is 9.98. The van der Waals surface area contributed by atoms with Crippen LogP contribution in [0, 0.1) is 5.92 Å². The SMILES string of the molecule is CC(C)[Si](OC1(C2C(c3ccccc3)=C2c2ccccc2)CC1)(C(C)C)C(C)C. The Morgan fingerprint density at radius 1 is 0.690 bits per heavy atom. The first-order chi connectivity index (χ1) is 13.8. The van der Waals surface area contributed by atoms with Crippen molar-refractivity contribution < 1.29 is 4.43 Å². The van der Waals surface area contributed by atoms with Crippen molar-refractivity contribution in [2.24, 2.45) is 5.92 Å². The molecule has 0 aromatic heterocycles. The third kappa shape index (κ3) is 3.45. The molecule has 1 saturated carbocycles. The zero-order valence-electron chi connectivity index (χ0n) is 18.9. The summed E-state index contributed by atoms with van der Waals surface area (Å²) in [6.07, 6.45) is 2.40. The van der Waals surface area contributed by atoms with E-state index in [0.717, 1.165) is 0 Å². The number of hydrogen-bond donors (Lipinski definition) is 0. The predicted octanol–water partition coefficient (Wildman–Crippen LogP) is 7.95. The summed E-state index contributed by atoms with van der Waals surface area (Å²) in [4.78, 5) is 0. The van der Waals surface area contributed by atoms with Crippen LogP contribution in [0.2, 0.25) is 16.6 Å². The van der Waals surface area contributed by atoms with Crippen LogP contribution in [0.15, 0.2) is 60.7 Å². The molecule has 2 aliphatic rings. The molecule has 0 unspecified atom stereocenters. The molecule has 1 nitrogen and oxygen atoms in total. The van der Waals surface area contributed by atoms with E-state index in [9.17, 15) is 0 Å². The van der Waals surface area contributed by atoms with Crippen molar-refractivity contribution in [3.05, 3.63) is 71.8 Å². The average Bonchev–Trinajstić information content (AvgIpc) is 3.61. The first-order valence-corrected chi connectivity index (χ1v) is 13.5. The van der Waals surface area contributed by atoms with Gasteiger partial charge in [0.25, 0.3) is 0 Å². The van der Waals surface area contributed by atoms with Gasteiger partial charge in [-0.15, -0.1) is 0 Å². The van der Waals surface area contributed by atoms with Crippen molar-refractivity contribution in [3.8, 4) is 0 Å². The fourth-order valence-corrected chi connectivity index (χ4v) is 11.6. The van der Waals surface area contributed by atoms with Gasteiger partial charge in [0.2, 0.25) is 8.32 Å². The van der Waals surface area contributed by atoms with Crippen molar-refractivity contribution in [1.82, 2.24) is 0 Å². The topological polar surface area (TPSA) is 9.23 Å². The molecule has 0 amide bonds. The van der Waals surface area contributed by atoms with Gasteiger partial charge in [0, 0.05) is 5.92 Å². The van der Waals surface area contributed by atoms with E-state index in [2.05, 4.69) is 102 Å². The molecule has 0 radical (unpaired) electrons. The summed E-state index contributed by atoms with van der Waals surface area (Å²) in [5.74, 6) is 0.454. The first kappa shape index (κ1) is 20.6. The Balaban J connectivity index is 1.72. The highest BCUT2D eigenvalue weighted by Gasteiger charge is 2.64. The Morgan fingerprint density at radius 2 is 1.07 bits per heavy atom. The number of benzene rings is 2. The Bertz CT molecular complexity index is 804. The molecule has 0 N–H and O–H groups in total. The van der Waals surface area contributed by atoms with Crippen LogP contribution in [-0.2, 0) is 4.43 Å². The van der Waals surface area contributed by atoms with Gasteiger partial charge in [0.1, 0.15) is 0 Å². The van der Waals surface area contributed by atoms with Gasteiger partial charge in [-0.2, -0.15) is 0 Å². The maximum atomic E-state index is 7.45. The van der Waals surface area contributed by atoms with Crippen molar-refractivity contribution >= 4 is 19.5 Å². The van der Waals surface area contributed by atoms with Gasteiger partial charge in [-0.1, -0.05) is 102 Å². The summed E-state index contributed by atoms with van der Waals surface area (Å²) in [7, 11) is -1.91. The fourth-order valence-electron chi connectivity index (χ4n) is 5.91. The van der Waals surface area contributed by atoms with Gasteiger partial charge in [0.05, 0.1) is 5.60 Å². The third-order valence-corrected chi connectivity index (χ3v) is 13.5. The third-order valence-electron chi connectivity index (χ3n) is 7.31. The Morgan fingerprint density at radius 3 is 1.38 bits per heavy atom. The second-order valence-corrected chi connectivity index (χ2v) is 15.4. The normalized spacial score (nSPS) is 18.8. The van der Waals surface area contributed by atoms with Crippen LogP contribution in [0.1, 0.15) is 65.5 Å². The summed E-state index contributed by atoms with van der Waals surface area (Å²) in [6.45, 7) is 14.4. The molecule has 0 aliphatic heterocycles. The van der Waals surface area contributed by atoms with E-state index in [0.29, 0.717) is 22.5 Å². The van der Waals surface area contributed by atoms with Crippen molar-refractivity contribution in [2.75, 3.05) is 0 Å². The predicted molar refractivity (Wildman–Crippen MR) is 127 cm³/mol. The fraction of sp³-hybridized carbons (Fsp3) is 0.481. The van der Waals surface area contributed by atoms with Gasteiger partial charge in [-0.05, 0) is 51.7 Å². The lowest BCUT2D eigenvalue weighted by Gasteiger charge is -2.45. The van der Waals surface area contributed by atoms with E-state index in [1.807, 2.05) is 0 Å². The van der Waals surface area contributed by atoms with E-state index in [4.69, 9.17) is 4.43 Å². The minimum absolute atomic E-state index is 0.0291. The Hall–Kier alpha value is -1.64. The monoisotopic (exact) mass is 404 g/mol. The van der Waals surface area contributed by atoms with Gasteiger partial charge < -0.3 is 4.43 Å². The molecule has 2 aromatic carbocycles. The Kier molecular flexibility index (Phi) is 5.37. The Labute approximate surface area is 178 Å². The molecule has 0 saturated heterocycles. The van der Waals surface area contributed by atoms with Crippen molar-refractivity contribution in [1.29, 1.82) is 0 Å². The van der Waals surface area contributed by atoms with E-state index in [1.165, 1.54) is 35.1 Å². The highest BCUT2D eigenvalue weighted by molar-refractivity contribution is 6.77. The van der Waals surface area contributed by atoms with Crippen LogP contribution in [0.5, 0.6) is 0 Å². The lowest BCUT2D eigenvalue weighted by molar-refractivity contribution is 0.141. The van der Waals surface area contributed by atoms with E-state index < -0.39 is 8.32 Å². The van der Waals surface area contributed by atoms with Gasteiger partial charge in [-0.3, -0.25) is 0 Å². The molecule has 0 spiro atoms. The molecule has 2 aromatic rings. The van der Waals surface area contributed by atoms with Gasteiger partial charge >= 0.3 is 0 Å². The summed E-state index contributed by atoms with van der Waals surface area (Å²) in [5.41, 5.74) is 7.69. The molecular weight excluding hydrogens is 368 g/mol. The zero-order valence-corrected chi connectivity index (χ0v) is 19.9. The quantitative estimate of drug-likeness (QED) is 0.406. The minimum Gasteiger partial charge on any atom is -0.410 e. The highest BCUT2D eigenvalue weighted by Crippen LogP contribution is 2.68. The molecular formula is C27H36OSi. The first-order valence-electron chi connectivity index (χ1n) is 11.4. The molecule has 0 atom stereocenters. The molecule has 29 heavy (non-hydrogen) atoms. The number of rotatable bonds is 8. The molecule has 2 heteroatoms. The van der Waals surface area contributed by atoms with E-state index >= 15 is 0 Å². The molecule has 0 bridgehead atoms.